The molecular formula is C26H38O8. The Morgan fingerprint density at radius 1 is 1.21 bits per heavy atom. The number of cyclic esters (lactones) is 1. The smallest absolute Gasteiger partial charge is 0.358 e. The molecular weight excluding hydrogens is 440 g/mol. The van der Waals surface area contributed by atoms with E-state index in [9.17, 15) is 29.4 Å². The summed E-state index contributed by atoms with van der Waals surface area (Å²) in [6.45, 7) is 14.6. The fourth-order valence-electron chi connectivity index (χ4n) is 7.90. The number of esters is 2. The molecule has 8 heteroatoms. The van der Waals surface area contributed by atoms with Crippen molar-refractivity contribution in [3.05, 3.63) is 12.2 Å². The van der Waals surface area contributed by atoms with Gasteiger partial charge in [0.2, 0.25) is 0 Å². The van der Waals surface area contributed by atoms with Gasteiger partial charge in [0.15, 0.2) is 5.78 Å². The maximum Gasteiger partial charge on any atom is 0.358 e. The van der Waals surface area contributed by atoms with Crippen LogP contribution >= 0.6 is 0 Å². The van der Waals surface area contributed by atoms with Gasteiger partial charge < -0.3 is 19.7 Å². The Kier molecular flexibility index (Phi) is 6.13. The minimum absolute atomic E-state index is 0.0755. The summed E-state index contributed by atoms with van der Waals surface area (Å²) in [5.41, 5.74) is -5.30. The number of fused-ring (bicyclic) bond motifs is 3. The number of hydrogen-bond acceptors (Lipinski definition) is 7. The zero-order chi connectivity index (χ0) is 26.1. The number of rotatable bonds is 5. The van der Waals surface area contributed by atoms with Gasteiger partial charge in [0.05, 0.1) is 24.0 Å². The first-order chi connectivity index (χ1) is 15.4. The van der Waals surface area contributed by atoms with Crippen molar-refractivity contribution in [2.45, 2.75) is 84.8 Å². The number of carboxylic acids is 1. The number of carboxylic acid groups (broad SMARTS) is 1. The Morgan fingerprint density at radius 2 is 1.79 bits per heavy atom. The fourth-order valence-corrected chi connectivity index (χ4v) is 7.90. The van der Waals surface area contributed by atoms with Gasteiger partial charge in [0.25, 0.3) is 5.60 Å². The SMILES string of the molecule is C=C1C[C@H]2[C@](C)(CC[C@@H](C(C)(C)O)[C@@]2(C)CCC(=O)O)[C@@H]2C(=O)O[C@](C)(C(=O)OC)C(=O)[C@]12C. The van der Waals surface area contributed by atoms with Crippen molar-refractivity contribution in [2.75, 3.05) is 7.11 Å². The molecule has 2 aliphatic carbocycles. The first-order valence-electron chi connectivity index (χ1n) is 11.9. The normalized spacial score (nSPS) is 42.4. The molecule has 3 rings (SSSR count). The molecule has 2 saturated carbocycles. The van der Waals surface area contributed by atoms with Crippen LogP contribution in [0.1, 0.15) is 73.6 Å². The molecule has 3 aliphatic rings. The third-order valence-corrected chi connectivity index (χ3v) is 9.53. The molecule has 0 amide bonds. The van der Waals surface area contributed by atoms with Crippen molar-refractivity contribution in [3.8, 4) is 0 Å². The number of methoxy groups -OCH3 is 1. The number of Topliss-reactive ketones (excluding diaryl/α,β-unsaturated/α-hetero) is 1. The molecule has 1 saturated heterocycles. The van der Waals surface area contributed by atoms with Gasteiger partial charge in [-0.25, -0.2) is 4.79 Å². The van der Waals surface area contributed by atoms with Crippen LogP contribution in [-0.4, -0.2) is 52.2 Å². The second-order valence-electron chi connectivity index (χ2n) is 11.9. The molecule has 1 heterocycles. The summed E-state index contributed by atoms with van der Waals surface area (Å²) in [6, 6.07) is 0. The number of ketones is 1. The highest BCUT2D eigenvalue weighted by Crippen LogP contribution is 2.70. The topological polar surface area (TPSA) is 127 Å². The summed E-state index contributed by atoms with van der Waals surface area (Å²) in [5, 5.41) is 20.5. The molecule has 0 aromatic heterocycles. The monoisotopic (exact) mass is 478 g/mol. The van der Waals surface area contributed by atoms with Crippen LogP contribution in [0.25, 0.3) is 0 Å². The average molecular weight is 479 g/mol. The molecule has 0 spiro atoms. The van der Waals surface area contributed by atoms with Crippen LogP contribution in [0.5, 0.6) is 0 Å². The molecule has 2 N–H and O–H groups in total. The van der Waals surface area contributed by atoms with Crippen molar-refractivity contribution in [1.29, 1.82) is 0 Å². The van der Waals surface area contributed by atoms with Crippen molar-refractivity contribution in [3.63, 3.8) is 0 Å². The Labute approximate surface area is 201 Å². The second kappa shape index (κ2) is 7.90. The van der Waals surface area contributed by atoms with E-state index >= 15 is 0 Å². The van der Waals surface area contributed by atoms with Crippen LogP contribution < -0.4 is 0 Å². The van der Waals surface area contributed by atoms with Crippen molar-refractivity contribution < 1.29 is 38.9 Å². The molecule has 7 atom stereocenters. The molecule has 8 nitrogen and oxygen atoms in total. The van der Waals surface area contributed by atoms with Crippen LogP contribution in [0.3, 0.4) is 0 Å². The lowest BCUT2D eigenvalue weighted by atomic mass is 9.37. The average Bonchev–Trinajstić information content (AvgIpc) is 2.71. The zero-order valence-electron chi connectivity index (χ0n) is 21.3. The van der Waals surface area contributed by atoms with Gasteiger partial charge >= 0.3 is 17.9 Å². The van der Waals surface area contributed by atoms with E-state index in [1.807, 2.05) is 13.8 Å². The summed E-state index contributed by atoms with van der Waals surface area (Å²) in [7, 11) is 1.14. The molecule has 3 fully saturated rings. The Hall–Kier alpha value is -2.22. The third kappa shape index (κ3) is 3.43. The van der Waals surface area contributed by atoms with Gasteiger partial charge in [-0.3, -0.25) is 14.4 Å². The summed E-state index contributed by atoms with van der Waals surface area (Å²) >= 11 is 0. The van der Waals surface area contributed by atoms with E-state index in [2.05, 4.69) is 6.58 Å². The van der Waals surface area contributed by atoms with Gasteiger partial charge in [0, 0.05) is 6.42 Å². The van der Waals surface area contributed by atoms with E-state index < -0.39 is 57.1 Å². The number of hydrogen-bond donors (Lipinski definition) is 2. The minimum atomic E-state index is -2.06. The first-order valence-corrected chi connectivity index (χ1v) is 11.9. The Bertz CT molecular complexity index is 947. The number of ether oxygens (including phenoxy) is 2. The van der Waals surface area contributed by atoms with E-state index in [1.54, 1.807) is 20.8 Å². The molecule has 1 aliphatic heterocycles. The van der Waals surface area contributed by atoms with Gasteiger partial charge in [-0.1, -0.05) is 26.0 Å². The molecule has 0 bridgehead atoms. The Morgan fingerprint density at radius 3 is 2.29 bits per heavy atom. The minimum Gasteiger partial charge on any atom is -0.481 e. The quantitative estimate of drug-likeness (QED) is 0.350. The number of allylic oxidation sites excluding steroid dienone is 1. The molecule has 0 aromatic carbocycles. The second-order valence-corrected chi connectivity index (χ2v) is 11.9. The van der Waals surface area contributed by atoms with E-state index in [-0.39, 0.29) is 18.3 Å². The molecule has 0 unspecified atom stereocenters. The van der Waals surface area contributed by atoms with E-state index in [4.69, 9.17) is 9.47 Å². The summed E-state index contributed by atoms with van der Waals surface area (Å²) in [5.74, 6) is -4.37. The van der Waals surface area contributed by atoms with Crippen LogP contribution in [0.15, 0.2) is 12.2 Å². The fraction of sp³-hybridized carbons (Fsp3) is 0.769. The molecule has 190 valence electrons. The van der Waals surface area contributed by atoms with Crippen LogP contribution in [0, 0.1) is 34.0 Å². The van der Waals surface area contributed by atoms with Crippen molar-refractivity contribution in [2.24, 2.45) is 34.0 Å². The van der Waals surface area contributed by atoms with Gasteiger partial charge in [0.1, 0.15) is 0 Å². The largest absolute Gasteiger partial charge is 0.481 e. The lowest BCUT2D eigenvalue weighted by molar-refractivity contribution is -0.225. The third-order valence-electron chi connectivity index (χ3n) is 9.53. The lowest BCUT2D eigenvalue weighted by Crippen LogP contribution is -2.71. The summed E-state index contributed by atoms with van der Waals surface area (Å²) in [4.78, 5) is 51.5. The highest BCUT2D eigenvalue weighted by Gasteiger charge is 2.73. The maximum absolute atomic E-state index is 13.8. The molecule has 0 aromatic rings. The van der Waals surface area contributed by atoms with E-state index in [0.29, 0.717) is 31.3 Å². The number of aliphatic carboxylic acids is 1. The maximum atomic E-state index is 13.8. The highest BCUT2D eigenvalue weighted by atomic mass is 16.6. The van der Waals surface area contributed by atoms with Crippen molar-refractivity contribution >= 4 is 23.7 Å². The van der Waals surface area contributed by atoms with Crippen LogP contribution in [0.4, 0.5) is 0 Å². The van der Waals surface area contributed by atoms with Gasteiger partial charge in [-0.05, 0) is 76.0 Å². The number of carbonyl (C=O) groups is 4. The van der Waals surface area contributed by atoms with Crippen LogP contribution in [0.2, 0.25) is 0 Å². The summed E-state index contributed by atoms with van der Waals surface area (Å²) < 4.78 is 10.3. The van der Waals surface area contributed by atoms with E-state index in [1.165, 1.54) is 6.92 Å². The van der Waals surface area contributed by atoms with Crippen LogP contribution in [-0.2, 0) is 28.7 Å². The molecule has 0 radical (unpaired) electrons. The Balaban J connectivity index is 2.17. The number of carbonyl (C=O) groups excluding carboxylic acids is 3. The zero-order valence-corrected chi connectivity index (χ0v) is 21.3. The highest BCUT2D eigenvalue weighted by molar-refractivity contribution is 6.15. The van der Waals surface area contributed by atoms with Crippen molar-refractivity contribution in [1.82, 2.24) is 0 Å². The lowest BCUT2D eigenvalue weighted by Gasteiger charge is -2.66. The predicted octanol–water partition coefficient (Wildman–Crippen LogP) is 3.30. The standard InChI is InChI=1S/C26H38O8/c1-14-13-16-23(4,12-10-17(27)28)15(22(2,3)32)9-11-24(16,5)18-19(29)34-26(7,21(31)33-8)20(30)25(14,18)6/h15-16,18,32H,1,9-13H2,2-8H3,(H,27,28)/t15-,16+,18-,23+,24-,25+,26-/m0/s1. The van der Waals surface area contributed by atoms with E-state index in [0.717, 1.165) is 7.11 Å². The molecule has 34 heavy (non-hydrogen) atoms. The van der Waals surface area contributed by atoms with Gasteiger partial charge in [-0.2, -0.15) is 0 Å². The number of aliphatic hydroxyl groups is 1. The first kappa shape index (κ1) is 26.4. The summed E-state index contributed by atoms with van der Waals surface area (Å²) in [6.07, 6.45) is 1.72. The van der Waals surface area contributed by atoms with Gasteiger partial charge in [-0.15, -0.1) is 0 Å². The predicted molar refractivity (Wildman–Crippen MR) is 122 cm³/mol.